The van der Waals surface area contributed by atoms with Gasteiger partial charge in [-0.15, -0.1) is 0 Å². The minimum Gasteiger partial charge on any atom is -0.507 e. The lowest BCUT2D eigenvalue weighted by Gasteiger charge is -2.23. The zero-order chi connectivity index (χ0) is 22.3. The molecule has 0 aliphatic carbocycles. The number of ketones is 1. The number of aliphatic hydroxyl groups excluding tert-OH is 1. The van der Waals surface area contributed by atoms with E-state index in [1.54, 1.807) is 49.4 Å². The van der Waals surface area contributed by atoms with Gasteiger partial charge in [-0.25, -0.2) is 0 Å². The van der Waals surface area contributed by atoms with E-state index in [9.17, 15) is 14.7 Å². The molecule has 0 spiro atoms. The highest BCUT2D eigenvalue weighted by Gasteiger charge is 2.48. The van der Waals surface area contributed by atoms with Crippen LogP contribution in [0.4, 0.5) is 5.69 Å². The fourth-order valence-corrected chi connectivity index (χ4v) is 4.16. The summed E-state index contributed by atoms with van der Waals surface area (Å²) in [6.07, 6.45) is 0. The number of carbonyl (C=O) groups excluding carboxylic acids is 2. The Hall–Kier alpha value is -3.03. The predicted molar refractivity (Wildman–Crippen MR) is 120 cm³/mol. The molecule has 1 aliphatic rings. The van der Waals surface area contributed by atoms with Gasteiger partial charge >= 0.3 is 0 Å². The van der Waals surface area contributed by atoms with Crippen molar-refractivity contribution < 1.29 is 23.8 Å². The summed E-state index contributed by atoms with van der Waals surface area (Å²) in [5.41, 5.74) is 0.572. The molecule has 0 radical (unpaired) electrons. The molecule has 31 heavy (non-hydrogen) atoms. The molecule has 3 aromatic rings. The Morgan fingerprint density at radius 1 is 1.16 bits per heavy atom. The number of anilines is 1. The zero-order valence-corrected chi connectivity index (χ0v) is 18.9. The van der Waals surface area contributed by atoms with E-state index in [0.29, 0.717) is 28.0 Å². The van der Waals surface area contributed by atoms with Gasteiger partial charge in [-0.3, -0.25) is 14.5 Å². The van der Waals surface area contributed by atoms with Crippen molar-refractivity contribution in [1.82, 2.24) is 0 Å². The average molecular weight is 503 g/mol. The maximum Gasteiger partial charge on any atom is 0.300 e. The van der Waals surface area contributed by atoms with E-state index in [1.807, 2.05) is 6.07 Å². The number of ether oxygens (including phenoxy) is 1. The van der Waals surface area contributed by atoms with Gasteiger partial charge in [-0.2, -0.15) is 0 Å². The Kier molecular flexibility index (Phi) is 5.64. The van der Waals surface area contributed by atoms with Crippen molar-refractivity contribution in [1.29, 1.82) is 0 Å². The molecule has 158 valence electrons. The van der Waals surface area contributed by atoms with Crippen LogP contribution in [0.5, 0.6) is 5.75 Å². The van der Waals surface area contributed by atoms with Gasteiger partial charge in [0.1, 0.15) is 29.1 Å². The van der Waals surface area contributed by atoms with Crippen LogP contribution in [0.15, 0.2) is 69.1 Å². The first-order valence-electron chi connectivity index (χ1n) is 9.28. The van der Waals surface area contributed by atoms with E-state index in [0.717, 1.165) is 4.47 Å². The largest absolute Gasteiger partial charge is 0.507 e. The second-order valence-electron chi connectivity index (χ2n) is 6.94. The number of furan rings is 1. The number of carbonyl (C=O) groups is 2. The number of Topliss-reactive ketones (excluding diaryl/α,β-unsaturated/α-hetero) is 1. The van der Waals surface area contributed by atoms with Gasteiger partial charge < -0.3 is 14.3 Å². The minimum atomic E-state index is -0.966. The molecule has 1 atom stereocenters. The van der Waals surface area contributed by atoms with Gasteiger partial charge in [0.2, 0.25) is 0 Å². The number of aryl methyl sites for hydroxylation is 1. The molecule has 1 aromatic heterocycles. The molecule has 1 aliphatic heterocycles. The SMILES string of the molecule is COc1ccc(Cl)cc1/C(O)=C1/C(=O)C(=O)N(c2cccc(Br)c2)C1c1ccc(C)o1. The minimum absolute atomic E-state index is 0.111. The summed E-state index contributed by atoms with van der Waals surface area (Å²) in [5.74, 6) is -0.744. The highest BCUT2D eigenvalue weighted by molar-refractivity contribution is 9.10. The molecule has 1 N–H and O–H groups in total. The van der Waals surface area contributed by atoms with Gasteiger partial charge in [0, 0.05) is 15.2 Å². The highest BCUT2D eigenvalue weighted by Crippen LogP contribution is 2.44. The smallest absolute Gasteiger partial charge is 0.300 e. The molecule has 8 heteroatoms. The van der Waals surface area contributed by atoms with Gasteiger partial charge in [-0.05, 0) is 55.5 Å². The Labute approximate surface area is 191 Å². The Morgan fingerprint density at radius 2 is 1.94 bits per heavy atom. The fraction of sp³-hybridized carbons (Fsp3) is 0.130. The van der Waals surface area contributed by atoms with Crippen molar-refractivity contribution in [3.8, 4) is 5.75 Å². The van der Waals surface area contributed by atoms with Gasteiger partial charge in [0.05, 0.1) is 18.2 Å². The summed E-state index contributed by atoms with van der Waals surface area (Å²) < 4.78 is 11.8. The third-order valence-electron chi connectivity index (χ3n) is 4.98. The molecule has 1 fully saturated rings. The van der Waals surface area contributed by atoms with Crippen LogP contribution in [0.3, 0.4) is 0 Å². The van der Waals surface area contributed by atoms with Crippen molar-refractivity contribution in [2.24, 2.45) is 0 Å². The normalized spacial score (nSPS) is 17.9. The van der Waals surface area contributed by atoms with Crippen LogP contribution in [0.25, 0.3) is 5.76 Å². The number of aliphatic hydroxyl groups is 1. The van der Waals surface area contributed by atoms with Gasteiger partial charge in [-0.1, -0.05) is 33.6 Å². The maximum atomic E-state index is 13.1. The van der Waals surface area contributed by atoms with E-state index < -0.39 is 23.5 Å². The summed E-state index contributed by atoms with van der Waals surface area (Å²) in [4.78, 5) is 27.5. The average Bonchev–Trinajstić information content (AvgIpc) is 3.28. The molecule has 6 nitrogen and oxygen atoms in total. The lowest BCUT2D eigenvalue weighted by molar-refractivity contribution is -0.132. The number of methoxy groups -OCH3 is 1. The van der Waals surface area contributed by atoms with E-state index in [2.05, 4.69) is 15.9 Å². The number of halogens is 2. The summed E-state index contributed by atoms with van der Waals surface area (Å²) >= 11 is 9.51. The van der Waals surface area contributed by atoms with Crippen molar-refractivity contribution in [3.63, 3.8) is 0 Å². The highest BCUT2D eigenvalue weighted by atomic mass is 79.9. The summed E-state index contributed by atoms with van der Waals surface area (Å²) in [6.45, 7) is 1.76. The topological polar surface area (TPSA) is 80.0 Å². The molecule has 0 bridgehead atoms. The van der Waals surface area contributed by atoms with Crippen LogP contribution in [-0.4, -0.2) is 23.9 Å². The third kappa shape index (κ3) is 3.75. The third-order valence-corrected chi connectivity index (χ3v) is 5.71. The quantitative estimate of drug-likeness (QED) is 0.284. The molecular weight excluding hydrogens is 486 g/mol. The summed E-state index contributed by atoms with van der Waals surface area (Å²) in [6, 6.07) is 14.1. The molecule has 1 amide bonds. The molecule has 1 saturated heterocycles. The number of amides is 1. The molecule has 4 rings (SSSR count). The van der Waals surface area contributed by atoms with E-state index in [4.69, 9.17) is 20.8 Å². The van der Waals surface area contributed by atoms with E-state index >= 15 is 0 Å². The maximum absolute atomic E-state index is 13.1. The second-order valence-corrected chi connectivity index (χ2v) is 8.29. The van der Waals surface area contributed by atoms with Crippen LogP contribution in [0.2, 0.25) is 5.02 Å². The Balaban J connectivity index is 1.98. The number of rotatable bonds is 4. The molecular formula is C23H17BrClNO5. The number of nitrogens with zero attached hydrogens (tertiary/aromatic N) is 1. The van der Waals surface area contributed by atoms with Crippen molar-refractivity contribution in [3.05, 3.63) is 86.7 Å². The number of benzene rings is 2. The zero-order valence-electron chi connectivity index (χ0n) is 16.6. The molecule has 1 unspecified atom stereocenters. The van der Waals surface area contributed by atoms with E-state index in [-0.39, 0.29) is 11.1 Å². The van der Waals surface area contributed by atoms with Crippen molar-refractivity contribution in [2.75, 3.05) is 12.0 Å². The first-order chi connectivity index (χ1) is 14.8. The van der Waals surface area contributed by atoms with Gasteiger partial charge in [0.25, 0.3) is 11.7 Å². The van der Waals surface area contributed by atoms with Crippen molar-refractivity contribution >= 4 is 50.7 Å². The number of hydrogen-bond donors (Lipinski definition) is 1. The van der Waals surface area contributed by atoms with Crippen LogP contribution in [0, 0.1) is 6.92 Å². The molecule has 0 saturated carbocycles. The summed E-state index contributed by atoms with van der Waals surface area (Å²) in [5, 5.41) is 11.5. The first kappa shape index (κ1) is 21.2. The van der Waals surface area contributed by atoms with Crippen LogP contribution < -0.4 is 9.64 Å². The van der Waals surface area contributed by atoms with E-state index in [1.165, 1.54) is 18.1 Å². The lowest BCUT2D eigenvalue weighted by Crippen LogP contribution is -2.29. The fourth-order valence-electron chi connectivity index (χ4n) is 3.60. The van der Waals surface area contributed by atoms with Crippen LogP contribution in [0.1, 0.15) is 23.1 Å². The molecule has 2 heterocycles. The Bertz CT molecular complexity index is 1230. The molecule has 2 aromatic carbocycles. The summed E-state index contributed by atoms with van der Waals surface area (Å²) in [7, 11) is 1.44. The standard InChI is InChI=1S/C23H17BrClNO5/c1-12-6-8-18(31-12)20-19(21(27)16-11-14(25)7-9-17(16)30-2)22(28)23(29)26(20)15-5-3-4-13(24)10-15/h3-11,20,27H,1-2H3/b21-19-. The predicted octanol–water partition coefficient (Wildman–Crippen LogP) is 5.64. The first-order valence-corrected chi connectivity index (χ1v) is 10.5. The van der Waals surface area contributed by atoms with Crippen LogP contribution >= 0.6 is 27.5 Å². The van der Waals surface area contributed by atoms with Gasteiger partial charge in [0.15, 0.2) is 0 Å². The second kappa shape index (κ2) is 8.24. The lowest BCUT2D eigenvalue weighted by atomic mass is 9.98. The Morgan fingerprint density at radius 3 is 2.58 bits per heavy atom. The monoisotopic (exact) mass is 501 g/mol. The number of hydrogen-bond acceptors (Lipinski definition) is 5. The van der Waals surface area contributed by atoms with Crippen LogP contribution in [-0.2, 0) is 9.59 Å². The van der Waals surface area contributed by atoms with Crippen molar-refractivity contribution in [2.45, 2.75) is 13.0 Å².